The third-order valence-electron chi connectivity index (χ3n) is 7.37. The zero-order chi connectivity index (χ0) is 31.3. The third-order valence-corrected chi connectivity index (χ3v) is 14.3. The second kappa shape index (κ2) is 15.3. The van der Waals surface area contributed by atoms with Crippen molar-refractivity contribution >= 4 is 83.0 Å². The molecule has 0 radical (unpaired) electrons. The summed E-state index contributed by atoms with van der Waals surface area (Å²) >= 11 is 20.3. The van der Waals surface area contributed by atoms with Crippen molar-refractivity contribution in [3.63, 3.8) is 0 Å². The van der Waals surface area contributed by atoms with E-state index in [9.17, 15) is 4.79 Å². The largest absolute Gasteiger partial charge is 1.00 e. The van der Waals surface area contributed by atoms with Crippen molar-refractivity contribution in [3.05, 3.63) is 130 Å². The smallest absolute Gasteiger partial charge is 0.261 e. The summed E-state index contributed by atoms with van der Waals surface area (Å²) in [6, 6.07) is 33.0. The molecule has 0 unspecified atom stereocenters. The molecule has 2 heterocycles. The second-order valence-corrected chi connectivity index (χ2v) is 21.9. The number of carbonyl (C=O) groups is 1. The van der Waals surface area contributed by atoms with E-state index in [1.165, 1.54) is 6.20 Å². The lowest BCUT2D eigenvalue weighted by atomic mass is 10.2. The summed E-state index contributed by atoms with van der Waals surface area (Å²) in [5.41, 5.74) is 1.28. The Hall–Kier alpha value is -2.67. The highest BCUT2D eigenvalue weighted by Crippen LogP contribution is 2.63. The third kappa shape index (κ3) is 7.66. The predicted octanol–water partition coefficient (Wildman–Crippen LogP) is 5.33. The molecule has 0 fully saturated rings. The summed E-state index contributed by atoms with van der Waals surface area (Å²) < 4.78 is 7.79. The monoisotopic (exact) mass is 715 g/mol. The molecule has 234 valence electrons. The first-order valence-electron chi connectivity index (χ1n) is 14.3. The van der Waals surface area contributed by atoms with Crippen LogP contribution in [0.15, 0.2) is 119 Å². The van der Waals surface area contributed by atoms with Crippen molar-refractivity contribution in [2.75, 3.05) is 6.61 Å². The Labute approximate surface area is 287 Å². The number of halogens is 4. The van der Waals surface area contributed by atoms with Crippen molar-refractivity contribution < 1.29 is 21.9 Å². The van der Waals surface area contributed by atoms with Gasteiger partial charge in [0.15, 0.2) is 11.8 Å². The summed E-state index contributed by atoms with van der Waals surface area (Å²) in [6.45, 7) is 8.00. The van der Waals surface area contributed by atoms with Gasteiger partial charge in [0.1, 0.15) is 28.3 Å². The van der Waals surface area contributed by atoms with E-state index in [0.29, 0.717) is 34.8 Å². The summed E-state index contributed by atoms with van der Waals surface area (Å²) in [7, 11) is -3.98. The van der Waals surface area contributed by atoms with Gasteiger partial charge in [-0.15, -0.1) is 0 Å². The van der Waals surface area contributed by atoms with E-state index in [2.05, 4.69) is 29.9 Å². The van der Waals surface area contributed by atoms with E-state index in [4.69, 9.17) is 39.5 Å². The minimum Gasteiger partial charge on any atom is -1.00 e. The van der Waals surface area contributed by atoms with Gasteiger partial charge in [-0.25, -0.2) is 4.98 Å². The highest BCUT2D eigenvalue weighted by atomic mass is 35.5. The summed E-state index contributed by atoms with van der Waals surface area (Å²) in [6.07, 6.45) is 3.36. The zero-order valence-electron chi connectivity index (χ0n) is 25.2. The van der Waals surface area contributed by atoms with Crippen LogP contribution in [0.3, 0.4) is 0 Å². The second-order valence-electron chi connectivity index (χ2n) is 11.6. The highest BCUT2D eigenvalue weighted by molar-refractivity contribution is 7.99. The lowest BCUT2D eigenvalue weighted by Crippen LogP contribution is -3.00. The Morgan fingerprint density at radius 3 is 1.84 bits per heavy atom. The fourth-order valence-electron chi connectivity index (χ4n) is 5.13. The molecule has 5 nitrogen and oxygen atoms in total. The molecule has 1 amide bonds. The van der Waals surface area contributed by atoms with Crippen molar-refractivity contribution in [1.29, 1.82) is 0 Å². The maximum atomic E-state index is 14.1. The molecule has 0 bridgehead atoms. The maximum absolute atomic E-state index is 14.1. The SMILES string of the molecule is C[Si](C)(C)CCOCn1ccc2c(Cl)c(C(=O)NC(=C(Cl)Cl)[P+](c3ccccc3)(c3ccccc3)c3ccccc3)cnc21.[Cl-]. The fraction of sp³-hybridized carbons (Fsp3) is 0.176. The number of carbonyl (C=O) groups excluding carboxylic acids is 1. The van der Waals surface area contributed by atoms with E-state index in [0.717, 1.165) is 22.0 Å². The van der Waals surface area contributed by atoms with Gasteiger partial charge in [-0.3, -0.25) is 10.1 Å². The quantitative estimate of drug-likeness (QED) is 0.114. The van der Waals surface area contributed by atoms with Gasteiger partial charge in [0.2, 0.25) is 5.44 Å². The Morgan fingerprint density at radius 1 is 0.867 bits per heavy atom. The number of benzene rings is 3. The molecule has 5 rings (SSSR count). The van der Waals surface area contributed by atoms with E-state index < -0.39 is 21.2 Å². The standard InChI is InChI=1S/C34H33Cl3N3O2PSi.ClH/c1-44(2,3)22-21-42-24-40-20-19-28-30(35)29(23-38-32(28)40)33(41)39-34(31(36)37)43(25-13-7-4-8-14-25,26-15-9-5-10-16-26)27-17-11-6-12-18-27;/h4-20,23H,21-22,24H2,1-3H3;1H. The number of nitrogens with one attached hydrogen (secondary N) is 1. The number of aromatic nitrogens is 2. The minimum atomic E-state index is -2.78. The minimum absolute atomic E-state index is 0. The van der Waals surface area contributed by atoms with E-state index >= 15 is 0 Å². The molecule has 0 atom stereocenters. The number of pyridine rings is 1. The average molecular weight is 718 g/mol. The van der Waals surface area contributed by atoms with Crippen LogP contribution in [0.2, 0.25) is 30.7 Å². The summed E-state index contributed by atoms with van der Waals surface area (Å²) in [5.74, 6) is -0.454. The molecular formula is C34H34Cl4N3O2PSi. The molecule has 5 aromatic rings. The lowest BCUT2D eigenvalue weighted by Gasteiger charge is -2.29. The Bertz CT molecular complexity index is 1680. The molecule has 0 aliphatic rings. The van der Waals surface area contributed by atoms with Gasteiger partial charge in [0, 0.05) is 32.5 Å². The summed E-state index contributed by atoms with van der Waals surface area (Å²) in [5, 5.41) is 7.01. The lowest BCUT2D eigenvalue weighted by molar-refractivity contribution is -0.0000182. The van der Waals surface area contributed by atoms with Crippen LogP contribution in [0.1, 0.15) is 10.4 Å². The van der Waals surface area contributed by atoms with Gasteiger partial charge in [0.25, 0.3) is 5.91 Å². The number of rotatable bonds is 11. The number of ether oxygens (including phenoxy) is 1. The number of nitrogens with zero attached hydrogens (tertiary/aromatic N) is 2. The number of hydrogen-bond donors (Lipinski definition) is 1. The van der Waals surface area contributed by atoms with Crippen LogP contribution in [0, 0.1) is 0 Å². The Kier molecular flexibility index (Phi) is 11.9. The summed E-state index contributed by atoms with van der Waals surface area (Å²) in [4.78, 5) is 18.7. The van der Waals surface area contributed by atoms with Crippen molar-refractivity contribution in [1.82, 2.24) is 14.9 Å². The zero-order valence-corrected chi connectivity index (χ0v) is 30.1. The van der Waals surface area contributed by atoms with Gasteiger partial charge < -0.3 is 21.7 Å². The van der Waals surface area contributed by atoms with Crippen LogP contribution in [-0.4, -0.2) is 30.1 Å². The van der Waals surface area contributed by atoms with Crippen LogP contribution in [-0.2, 0) is 11.5 Å². The molecule has 11 heteroatoms. The molecular weight excluding hydrogens is 683 g/mol. The average Bonchev–Trinajstić information content (AvgIpc) is 3.44. The van der Waals surface area contributed by atoms with Crippen LogP contribution >= 0.6 is 42.1 Å². The molecule has 45 heavy (non-hydrogen) atoms. The van der Waals surface area contributed by atoms with Gasteiger partial charge in [-0.1, -0.05) is 109 Å². The Morgan fingerprint density at radius 2 is 1.38 bits per heavy atom. The molecule has 0 spiro atoms. The molecule has 0 saturated carbocycles. The fourth-order valence-corrected chi connectivity index (χ4v) is 11.1. The van der Waals surface area contributed by atoms with E-state index in [-0.39, 0.29) is 22.5 Å². The maximum Gasteiger partial charge on any atom is 0.261 e. The van der Waals surface area contributed by atoms with Gasteiger partial charge in [-0.2, -0.15) is 0 Å². The molecule has 0 aliphatic heterocycles. The van der Waals surface area contributed by atoms with E-state index in [1.54, 1.807) is 0 Å². The number of hydrogen-bond acceptors (Lipinski definition) is 3. The van der Waals surface area contributed by atoms with Crippen LogP contribution in [0.4, 0.5) is 0 Å². The number of amides is 1. The molecule has 0 aliphatic carbocycles. The van der Waals surface area contributed by atoms with Crippen molar-refractivity contribution in [3.8, 4) is 0 Å². The van der Waals surface area contributed by atoms with Crippen molar-refractivity contribution in [2.45, 2.75) is 32.4 Å². The topological polar surface area (TPSA) is 56.1 Å². The van der Waals surface area contributed by atoms with Crippen LogP contribution < -0.4 is 33.6 Å². The van der Waals surface area contributed by atoms with Gasteiger partial charge in [0.05, 0.1) is 10.6 Å². The van der Waals surface area contributed by atoms with E-state index in [1.807, 2.05) is 108 Å². The number of fused-ring (bicyclic) bond motifs is 1. The van der Waals surface area contributed by atoms with Crippen LogP contribution in [0.5, 0.6) is 0 Å². The van der Waals surface area contributed by atoms with Gasteiger partial charge >= 0.3 is 0 Å². The first-order valence-corrected chi connectivity index (χ1v) is 20.9. The first kappa shape index (κ1) is 35.2. The molecule has 3 aromatic carbocycles. The van der Waals surface area contributed by atoms with Crippen LogP contribution in [0.25, 0.3) is 11.0 Å². The first-order chi connectivity index (χ1) is 21.1. The molecule has 0 saturated heterocycles. The molecule has 1 N–H and O–H groups in total. The Balaban J connectivity index is 0.00000461. The highest BCUT2D eigenvalue weighted by Gasteiger charge is 2.52. The normalized spacial score (nSPS) is 11.6. The predicted molar refractivity (Wildman–Crippen MR) is 190 cm³/mol. The van der Waals surface area contributed by atoms with Gasteiger partial charge in [-0.05, 0) is 48.5 Å². The van der Waals surface area contributed by atoms with Crippen molar-refractivity contribution in [2.24, 2.45) is 0 Å². The molecule has 2 aromatic heterocycles.